The molecule has 2 amide bonds. The normalized spacial score (nSPS) is 15.3. The fraction of sp³-hybridized carbons (Fsp3) is 0.259. The summed E-state index contributed by atoms with van der Waals surface area (Å²) >= 11 is 7.46. The summed E-state index contributed by atoms with van der Waals surface area (Å²) < 4.78 is 7.44. The van der Waals surface area contributed by atoms with Crippen LogP contribution in [0, 0.1) is 17.0 Å². The number of non-ortho nitro benzene ring substituents is 1. The van der Waals surface area contributed by atoms with E-state index in [1.807, 2.05) is 48.7 Å². The van der Waals surface area contributed by atoms with Crippen molar-refractivity contribution < 1.29 is 18.9 Å². The molecular formula is C27H25ClN6O5S. The first-order valence-corrected chi connectivity index (χ1v) is 13.8. The number of thioether (sulfide) groups is 1. The summed E-state index contributed by atoms with van der Waals surface area (Å²) in [4.78, 5) is 40.1. The third kappa shape index (κ3) is 5.58. The van der Waals surface area contributed by atoms with Crippen molar-refractivity contribution in [3.63, 3.8) is 0 Å². The molecular weight excluding hydrogens is 556 g/mol. The highest BCUT2D eigenvalue weighted by Gasteiger charge is 2.32. The Hall–Kier alpha value is -4.16. The first kappa shape index (κ1) is 27.4. The molecule has 1 saturated heterocycles. The van der Waals surface area contributed by atoms with Crippen molar-refractivity contribution in [2.24, 2.45) is 0 Å². The monoisotopic (exact) mass is 580 g/mol. The van der Waals surface area contributed by atoms with Crippen LogP contribution in [-0.2, 0) is 4.79 Å². The minimum absolute atomic E-state index is 0.0212. The Morgan fingerprint density at radius 3 is 2.65 bits per heavy atom. The van der Waals surface area contributed by atoms with Crippen molar-refractivity contribution in [2.75, 3.05) is 25.4 Å². The number of nitro benzene ring substituents is 1. The quantitative estimate of drug-likeness (QED) is 0.172. The number of amides is 2. The largest absolute Gasteiger partial charge is 0.461 e. The lowest BCUT2D eigenvalue weighted by Crippen LogP contribution is -2.55. The van der Waals surface area contributed by atoms with Crippen LogP contribution in [0.25, 0.3) is 17.3 Å². The van der Waals surface area contributed by atoms with Gasteiger partial charge in [0.05, 0.1) is 33.2 Å². The SMILES string of the molecule is Cc1cccc(-n2c(SCC(=O)N3CCN(C(=O)c4ccc([N+](=O)[O-])cc4Cl)C(C)C3)nnc2-c2ccco2)c1. The molecule has 0 spiro atoms. The molecule has 0 bridgehead atoms. The molecule has 3 heterocycles. The second-order valence-corrected chi connectivity index (χ2v) is 10.7. The summed E-state index contributed by atoms with van der Waals surface area (Å²) in [5.41, 5.74) is 1.94. The lowest BCUT2D eigenvalue weighted by atomic mass is 10.1. The van der Waals surface area contributed by atoms with E-state index >= 15 is 0 Å². The molecule has 0 radical (unpaired) electrons. The number of halogens is 1. The van der Waals surface area contributed by atoms with Gasteiger partial charge in [-0.25, -0.2) is 0 Å². The molecule has 13 heteroatoms. The van der Waals surface area contributed by atoms with Crippen LogP contribution in [0.5, 0.6) is 0 Å². The van der Waals surface area contributed by atoms with Crippen molar-refractivity contribution in [1.29, 1.82) is 0 Å². The molecule has 11 nitrogen and oxygen atoms in total. The third-order valence-electron chi connectivity index (χ3n) is 6.59. The number of nitro groups is 1. The average Bonchev–Trinajstić information content (AvgIpc) is 3.61. The molecule has 0 aliphatic carbocycles. The molecule has 2 aromatic heterocycles. The van der Waals surface area contributed by atoms with E-state index in [0.717, 1.165) is 11.3 Å². The molecule has 4 aromatic rings. The third-order valence-corrected chi connectivity index (χ3v) is 7.82. The molecule has 1 aliphatic rings. The van der Waals surface area contributed by atoms with Crippen molar-refractivity contribution >= 4 is 40.9 Å². The number of carbonyl (C=O) groups is 2. The van der Waals surface area contributed by atoms with Gasteiger partial charge in [0.1, 0.15) is 0 Å². The van der Waals surface area contributed by atoms with Crippen LogP contribution in [0.4, 0.5) is 5.69 Å². The zero-order chi connectivity index (χ0) is 28.4. The predicted molar refractivity (Wildman–Crippen MR) is 150 cm³/mol. The number of hydrogen-bond acceptors (Lipinski definition) is 8. The van der Waals surface area contributed by atoms with Crippen LogP contribution in [0.3, 0.4) is 0 Å². The summed E-state index contributed by atoms with van der Waals surface area (Å²) in [7, 11) is 0. The Morgan fingerprint density at radius 1 is 1.15 bits per heavy atom. The molecule has 40 heavy (non-hydrogen) atoms. The Morgan fingerprint density at radius 2 is 1.98 bits per heavy atom. The van der Waals surface area contributed by atoms with E-state index in [-0.39, 0.29) is 39.9 Å². The van der Waals surface area contributed by atoms with Gasteiger partial charge in [0.15, 0.2) is 10.9 Å². The number of hydrogen-bond donors (Lipinski definition) is 0. The van der Waals surface area contributed by atoms with Crippen LogP contribution >= 0.6 is 23.4 Å². The highest BCUT2D eigenvalue weighted by Crippen LogP contribution is 2.29. The van der Waals surface area contributed by atoms with E-state index < -0.39 is 4.92 Å². The van der Waals surface area contributed by atoms with Gasteiger partial charge in [0, 0.05) is 37.8 Å². The van der Waals surface area contributed by atoms with Gasteiger partial charge >= 0.3 is 0 Å². The Kier molecular flexibility index (Phi) is 7.90. The number of aryl methyl sites for hydroxylation is 1. The molecule has 1 unspecified atom stereocenters. The van der Waals surface area contributed by atoms with Crippen LogP contribution < -0.4 is 0 Å². The number of furan rings is 1. The Bertz CT molecular complexity index is 1570. The maximum atomic E-state index is 13.2. The minimum atomic E-state index is -0.563. The number of carbonyl (C=O) groups excluding carboxylic acids is 2. The Labute approximate surface area is 238 Å². The summed E-state index contributed by atoms with van der Waals surface area (Å²) in [5, 5.41) is 20.2. The van der Waals surface area contributed by atoms with E-state index in [4.69, 9.17) is 16.0 Å². The van der Waals surface area contributed by atoms with Gasteiger partial charge in [0.2, 0.25) is 11.7 Å². The number of aromatic nitrogens is 3. The lowest BCUT2D eigenvalue weighted by Gasteiger charge is -2.40. The van der Waals surface area contributed by atoms with Crippen molar-refractivity contribution in [3.8, 4) is 17.3 Å². The van der Waals surface area contributed by atoms with Crippen molar-refractivity contribution in [3.05, 3.63) is 87.1 Å². The van der Waals surface area contributed by atoms with Crippen LogP contribution in [0.15, 0.2) is 70.4 Å². The molecule has 0 saturated carbocycles. The fourth-order valence-electron chi connectivity index (χ4n) is 4.58. The summed E-state index contributed by atoms with van der Waals surface area (Å²) in [6.07, 6.45) is 1.57. The molecule has 1 atom stereocenters. The highest BCUT2D eigenvalue weighted by molar-refractivity contribution is 7.99. The topological polar surface area (TPSA) is 128 Å². The molecule has 2 aromatic carbocycles. The number of benzene rings is 2. The van der Waals surface area contributed by atoms with Gasteiger partial charge in [-0.15, -0.1) is 10.2 Å². The van der Waals surface area contributed by atoms with Crippen molar-refractivity contribution in [1.82, 2.24) is 24.6 Å². The van der Waals surface area contributed by atoms with Crippen LogP contribution in [0.1, 0.15) is 22.8 Å². The van der Waals surface area contributed by atoms with Crippen LogP contribution in [-0.4, -0.2) is 72.7 Å². The van der Waals surface area contributed by atoms with E-state index in [9.17, 15) is 19.7 Å². The average molecular weight is 581 g/mol. The fourth-order valence-corrected chi connectivity index (χ4v) is 5.69. The van der Waals surface area contributed by atoms with Gasteiger partial charge in [-0.3, -0.25) is 24.3 Å². The second-order valence-electron chi connectivity index (χ2n) is 9.36. The van der Waals surface area contributed by atoms with E-state index in [2.05, 4.69) is 10.2 Å². The van der Waals surface area contributed by atoms with E-state index in [1.165, 1.54) is 30.0 Å². The van der Waals surface area contributed by atoms with Gasteiger partial charge in [-0.05, 0) is 49.7 Å². The number of piperazine rings is 1. The lowest BCUT2D eigenvalue weighted by molar-refractivity contribution is -0.384. The van der Waals surface area contributed by atoms with Gasteiger partial charge in [-0.2, -0.15) is 0 Å². The number of rotatable bonds is 7. The summed E-state index contributed by atoms with van der Waals surface area (Å²) in [6, 6.07) is 15.0. The molecule has 5 rings (SSSR count). The smallest absolute Gasteiger partial charge is 0.270 e. The maximum Gasteiger partial charge on any atom is 0.270 e. The zero-order valence-corrected chi connectivity index (χ0v) is 23.3. The highest BCUT2D eigenvalue weighted by atomic mass is 35.5. The van der Waals surface area contributed by atoms with Gasteiger partial charge in [-0.1, -0.05) is 35.5 Å². The summed E-state index contributed by atoms with van der Waals surface area (Å²) in [6.45, 7) is 4.86. The predicted octanol–water partition coefficient (Wildman–Crippen LogP) is 4.86. The minimum Gasteiger partial charge on any atom is -0.461 e. The Balaban J connectivity index is 1.26. The summed E-state index contributed by atoms with van der Waals surface area (Å²) in [5.74, 6) is 0.823. The maximum absolute atomic E-state index is 13.2. The first-order valence-electron chi connectivity index (χ1n) is 12.4. The van der Waals surface area contributed by atoms with E-state index in [0.29, 0.717) is 36.4 Å². The molecule has 1 aliphatic heterocycles. The van der Waals surface area contributed by atoms with E-state index in [1.54, 1.807) is 22.1 Å². The van der Waals surface area contributed by atoms with Gasteiger partial charge in [0.25, 0.3) is 11.6 Å². The number of nitrogens with zero attached hydrogens (tertiary/aromatic N) is 6. The van der Waals surface area contributed by atoms with Crippen molar-refractivity contribution in [2.45, 2.75) is 25.0 Å². The first-order chi connectivity index (χ1) is 19.2. The molecule has 0 N–H and O–H groups in total. The van der Waals surface area contributed by atoms with Crippen LogP contribution in [0.2, 0.25) is 5.02 Å². The second kappa shape index (κ2) is 11.5. The molecule has 206 valence electrons. The van der Waals surface area contributed by atoms with Gasteiger partial charge < -0.3 is 14.2 Å². The zero-order valence-electron chi connectivity index (χ0n) is 21.7. The molecule has 1 fully saturated rings. The standard InChI is InChI=1S/C27H25ClN6O5S/c1-17-5-3-6-19(13-17)33-25(23-7-4-12-39-23)29-30-27(33)40-16-24(35)31-10-11-32(18(2)15-31)26(36)21-9-8-20(34(37)38)14-22(21)28/h3-9,12-14,18H,10-11,15-16H2,1-2H3.